The van der Waals surface area contributed by atoms with Crippen molar-refractivity contribution in [1.82, 2.24) is 0 Å². The maximum absolute atomic E-state index is 14.9. The van der Waals surface area contributed by atoms with Crippen LogP contribution in [-0.4, -0.2) is 12.0 Å². The first-order valence-corrected chi connectivity index (χ1v) is 6.88. The van der Waals surface area contributed by atoms with Crippen molar-refractivity contribution in [2.24, 2.45) is 5.92 Å². The van der Waals surface area contributed by atoms with Crippen molar-refractivity contribution in [3.8, 4) is 0 Å². The number of alkyl halides is 1. The van der Waals surface area contributed by atoms with E-state index in [-0.39, 0.29) is 11.7 Å². The van der Waals surface area contributed by atoms with Gasteiger partial charge in [-0.3, -0.25) is 4.79 Å². The molecule has 0 radical (unpaired) electrons. The number of ketones is 1. The summed E-state index contributed by atoms with van der Waals surface area (Å²) in [6.45, 7) is 7.22. The van der Waals surface area contributed by atoms with Crippen LogP contribution in [0.2, 0.25) is 0 Å². The average molecular weight is 275 g/mol. The standard InChI is InChI=1S/C17H22FNO/c1-5-17(18,12(2)3)15-8-6-14(7-9-15)16(20)13(4)10-11-19/h6-12,19H,5H2,1-4H3/b13-10+,19-11?. The number of hydrogen-bond donors (Lipinski definition) is 1. The predicted molar refractivity (Wildman–Crippen MR) is 81.2 cm³/mol. The van der Waals surface area contributed by atoms with Crippen molar-refractivity contribution in [2.45, 2.75) is 39.8 Å². The van der Waals surface area contributed by atoms with Gasteiger partial charge in [-0.25, -0.2) is 4.39 Å². The number of Topliss-reactive ketones (excluding diaryl/α,β-unsaturated/α-hetero) is 1. The van der Waals surface area contributed by atoms with E-state index in [4.69, 9.17) is 5.41 Å². The molecule has 0 heterocycles. The number of halogens is 1. The van der Waals surface area contributed by atoms with Crippen LogP contribution in [0.15, 0.2) is 35.9 Å². The molecule has 0 spiro atoms. The minimum absolute atomic E-state index is 0.117. The van der Waals surface area contributed by atoms with Gasteiger partial charge in [-0.05, 0) is 36.5 Å². The number of rotatable bonds is 6. The zero-order valence-corrected chi connectivity index (χ0v) is 12.5. The van der Waals surface area contributed by atoms with Gasteiger partial charge in [0, 0.05) is 11.8 Å². The Hall–Kier alpha value is -1.77. The maximum atomic E-state index is 14.9. The quantitative estimate of drug-likeness (QED) is 0.456. The number of hydrogen-bond acceptors (Lipinski definition) is 2. The molecule has 1 aromatic rings. The lowest BCUT2D eigenvalue weighted by Crippen LogP contribution is -2.26. The highest BCUT2D eigenvalue weighted by Crippen LogP contribution is 2.37. The molecule has 20 heavy (non-hydrogen) atoms. The SMILES string of the molecule is CCC(F)(c1ccc(C(=O)/C(C)=C/C=N)cc1)C(C)C. The Morgan fingerprint density at radius 3 is 2.30 bits per heavy atom. The Labute approximate surface area is 120 Å². The number of carbonyl (C=O) groups is 1. The number of benzene rings is 1. The third-order valence-electron chi connectivity index (χ3n) is 3.75. The van der Waals surface area contributed by atoms with E-state index in [1.54, 1.807) is 31.2 Å². The molecule has 0 bridgehead atoms. The summed E-state index contributed by atoms with van der Waals surface area (Å²) in [5, 5.41) is 6.97. The van der Waals surface area contributed by atoms with Gasteiger partial charge in [-0.2, -0.15) is 0 Å². The van der Waals surface area contributed by atoms with Gasteiger partial charge in [0.15, 0.2) is 5.78 Å². The Morgan fingerprint density at radius 2 is 1.90 bits per heavy atom. The van der Waals surface area contributed by atoms with Crippen molar-refractivity contribution < 1.29 is 9.18 Å². The van der Waals surface area contributed by atoms with Gasteiger partial charge >= 0.3 is 0 Å². The molecule has 1 N–H and O–H groups in total. The maximum Gasteiger partial charge on any atom is 0.188 e. The van der Waals surface area contributed by atoms with E-state index < -0.39 is 5.67 Å². The minimum atomic E-state index is -1.36. The zero-order valence-electron chi connectivity index (χ0n) is 12.5. The van der Waals surface area contributed by atoms with E-state index in [1.807, 2.05) is 20.8 Å². The van der Waals surface area contributed by atoms with Crippen molar-refractivity contribution in [1.29, 1.82) is 5.41 Å². The highest BCUT2D eigenvalue weighted by Gasteiger charge is 2.33. The van der Waals surface area contributed by atoms with Crippen LogP contribution >= 0.6 is 0 Å². The topological polar surface area (TPSA) is 40.9 Å². The smallest absolute Gasteiger partial charge is 0.188 e. The second-order valence-corrected chi connectivity index (χ2v) is 5.29. The number of carbonyl (C=O) groups excluding carboxylic acids is 1. The van der Waals surface area contributed by atoms with Gasteiger partial charge < -0.3 is 5.41 Å². The van der Waals surface area contributed by atoms with Crippen molar-refractivity contribution in [2.75, 3.05) is 0 Å². The molecule has 0 aliphatic carbocycles. The van der Waals surface area contributed by atoms with E-state index in [0.29, 0.717) is 23.1 Å². The molecule has 0 saturated carbocycles. The fraction of sp³-hybridized carbons (Fsp3) is 0.412. The molecule has 108 valence electrons. The van der Waals surface area contributed by atoms with Gasteiger partial charge in [0.05, 0.1) is 0 Å². The van der Waals surface area contributed by atoms with E-state index in [0.717, 1.165) is 6.21 Å². The van der Waals surface area contributed by atoms with E-state index in [1.165, 1.54) is 6.08 Å². The lowest BCUT2D eigenvalue weighted by atomic mass is 9.82. The first-order chi connectivity index (χ1) is 9.36. The third-order valence-corrected chi connectivity index (χ3v) is 3.75. The molecular formula is C17H22FNO. The summed E-state index contributed by atoms with van der Waals surface area (Å²) in [4.78, 5) is 12.0. The van der Waals surface area contributed by atoms with E-state index in [9.17, 15) is 9.18 Å². The number of allylic oxidation sites excluding steroid dienone is 2. The largest absolute Gasteiger partial charge is 0.309 e. The van der Waals surface area contributed by atoms with Crippen LogP contribution < -0.4 is 0 Å². The Kier molecular flexibility index (Phi) is 5.37. The highest BCUT2D eigenvalue weighted by molar-refractivity contribution is 6.09. The Morgan fingerprint density at radius 1 is 1.35 bits per heavy atom. The van der Waals surface area contributed by atoms with Crippen molar-refractivity contribution >= 4 is 12.0 Å². The normalized spacial score (nSPS) is 15.0. The molecule has 0 aliphatic rings. The Balaban J connectivity index is 3.09. The first-order valence-electron chi connectivity index (χ1n) is 6.88. The predicted octanol–water partition coefficient (Wildman–Crippen LogP) is 4.70. The molecule has 0 amide bonds. The molecule has 0 fully saturated rings. The molecule has 1 unspecified atom stereocenters. The fourth-order valence-electron chi connectivity index (χ4n) is 2.27. The molecule has 0 aliphatic heterocycles. The summed E-state index contributed by atoms with van der Waals surface area (Å²) in [6, 6.07) is 6.69. The summed E-state index contributed by atoms with van der Waals surface area (Å²) in [5.74, 6) is -0.251. The van der Waals surface area contributed by atoms with E-state index in [2.05, 4.69) is 0 Å². The molecule has 1 atom stereocenters. The van der Waals surface area contributed by atoms with Crippen LogP contribution in [0, 0.1) is 11.3 Å². The van der Waals surface area contributed by atoms with Crippen molar-refractivity contribution in [3.63, 3.8) is 0 Å². The zero-order chi connectivity index (χ0) is 15.3. The lowest BCUT2D eigenvalue weighted by Gasteiger charge is -2.28. The average Bonchev–Trinajstić information content (AvgIpc) is 2.45. The van der Waals surface area contributed by atoms with Crippen LogP contribution in [0.1, 0.15) is 50.0 Å². The van der Waals surface area contributed by atoms with Gasteiger partial charge in [0.1, 0.15) is 5.67 Å². The van der Waals surface area contributed by atoms with Gasteiger partial charge in [0.25, 0.3) is 0 Å². The van der Waals surface area contributed by atoms with Crippen LogP contribution in [0.5, 0.6) is 0 Å². The molecule has 0 aromatic heterocycles. The summed E-state index contributed by atoms with van der Waals surface area (Å²) in [6.07, 6.45) is 2.95. The molecule has 3 heteroatoms. The summed E-state index contributed by atoms with van der Waals surface area (Å²) in [5.41, 5.74) is 0.270. The van der Waals surface area contributed by atoms with Crippen LogP contribution in [0.25, 0.3) is 0 Å². The van der Waals surface area contributed by atoms with Gasteiger partial charge in [-0.15, -0.1) is 0 Å². The highest BCUT2D eigenvalue weighted by atomic mass is 19.1. The van der Waals surface area contributed by atoms with Crippen molar-refractivity contribution in [3.05, 3.63) is 47.0 Å². The molecule has 1 aromatic carbocycles. The van der Waals surface area contributed by atoms with Crippen LogP contribution in [0.4, 0.5) is 4.39 Å². The summed E-state index contributed by atoms with van der Waals surface area (Å²) >= 11 is 0. The lowest BCUT2D eigenvalue weighted by molar-refractivity contribution is 0.0933. The second-order valence-electron chi connectivity index (χ2n) is 5.29. The summed E-state index contributed by atoms with van der Waals surface area (Å²) < 4.78 is 14.9. The van der Waals surface area contributed by atoms with Crippen LogP contribution in [0.3, 0.4) is 0 Å². The van der Waals surface area contributed by atoms with Gasteiger partial charge in [0.2, 0.25) is 0 Å². The third kappa shape index (κ3) is 3.21. The molecule has 2 nitrogen and oxygen atoms in total. The van der Waals surface area contributed by atoms with Gasteiger partial charge in [-0.1, -0.05) is 45.0 Å². The van der Waals surface area contributed by atoms with Crippen LogP contribution in [-0.2, 0) is 5.67 Å². The molecular weight excluding hydrogens is 253 g/mol. The summed E-state index contributed by atoms with van der Waals surface area (Å²) in [7, 11) is 0. The minimum Gasteiger partial charge on any atom is -0.309 e. The molecule has 1 rings (SSSR count). The molecule has 0 saturated heterocycles. The first kappa shape index (κ1) is 16.3. The second kappa shape index (κ2) is 6.60. The monoisotopic (exact) mass is 275 g/mol. The van der Waals surface area contributed by atoms with E-state index >= 15 is 0 Å². The Bertz CT molecular complexity index is 516. The fourth-order valence-corrected chi connectivity index (χ4v) is 2.27. The number of nitrogens with one attached hydrogen (secondary N) is 1.